The van der Waals surface area contributed by atoms with Crippen LogP contribution >= 0.6 is 15.9 Å². The third-order valence-electron chi connectivity index (χ3n) is 4.20. The average Bonchev–Trinajstić information content (AvgIpc) is 2.45. The van der Waals surface area contributed by atoms with Crippen molar-refractivity contribution in [3.8, 4) is 0 Å². The van der Waals surface area contributed by atoms with Gasteiger partial charge in [0.1, 0.15) is 5.82 Å². The number of benzene rings is 1. The fraction of sp³-hybridized carbons (Fsp3) is 0.600. The fourth-order valence-electron chi connectivity index (χ4n) is 2.89. The predicted molar refractivity (Wildman–Crippen MR) is 82.0 cm³/mol. The molecule has 0 radical (unpaired) electrons. The van der Waals surface area contributed by atoms with Crippen LogP contribution in [0.4, 0.5) is 4.39 Å². The molecule has 2 N–H and O–H groups in total. The zero-order valence-corrected chi connectivity index (χ0v) is 13.6. The van der Waals surface area contributed by atoms with Crippen molar-refractivity contribution in [2.24, 2.45) is 11.7 Å². The number of halogens is 2. The molecule has 112 valence electrons. The Balaban J connectivity index is 2.21. The van der Waals surface area contributed by atoms with Gasteiger partial charge in [-0.05, 0) is 37.1 Å². The first-order chi connectivity index (χ1) is 9.56. The minimum atomic E-state index is -0.198. The minimum absolute atomic E-state index is 0.0994. The van der Waals surface area contributed by atoms with Gasteiger partial charge in [0.15, 0.2) is 0 Å². The van der Waals surface area contributed by atoms with Crippen LogP contribution in [0.25, 0.3) is 0 Å². The quantitative estimate of drug-likeness (QED) is 0.912. The largest absolute Gasteiger partial charge is 0.380 e. The maximum atomic E-state index is 14.1. The number of nitrogens with two attached hydrogens (primary N) is 1. The van der Waals surface area contributed by atoms with E-state index in [0.717, 1.165) is 24.0 Å². The number of likely N-dealkylation sites (tertiary alicyclic amines) is 1. The molecule has 3 unspecified atom stereocenters. The summed E-state index contributed by atoms with van der Waals surface area (Å²) in [6, 6.07) is 4.93. The number of hydrogen-bond donors (Lipinski definition) is 1. The molecule has 1 heterocycles. The van der Waals surface area contributed by atoms with Crippen molar-refractivity contribution in [2.45, 2.75) is 25.5 Å². The van der Waals surface area contributed by atoms with Crippen molar-refractivity contribution in [1.82, 2.24) is 4.90 Å². The lowest BCUT2D eigenvalue weighted by Gasteiger charge is -2.40. The summed E-state index contributed by atoms with van der Waals surface area (Å²) in [5.74, 6) is 0.332. The van der Waals surface area contributed by atoms with Crippen molar-refractivity contribution in [3.63, 3.8) is 0 Å². The molecule has 1 saturated heterocycles. The fourth-order valence-corrected chi connectivity index (χ4v) is 3.27. The van der Waals surface area contributed by atoms with Crippen molar-refractivity contribution in [2.75, 3.05) is 26.7 Å². The third-order valence-corrected chi connectivity index (χ3v) is 4.70. The van der Waals surface area contributed by atoms with Crippen LogP contribution in [0.1, 0.15) is 24.9 Å². The van der Waals surface area contributed by atoms with Gasteiger partial charge in [-0.2, -0.15) is 0 Å². The molecule has 0 aromatic heterocycles. The molecule has 1 fully saturated rings. The van der Waals surface area contributed by atoms with Crippen LogP contribution < -0.4 is 5.73 Å². The Morgan fingerprint density at radius 3 is 2.95 bits per heavy atom. The monoisotopic (exact) mass is 344 g/mol. The van der Waals surface area contributed by atoms with E-state index in [1.807, 2.05) is 6.07 Å². The number of rotatable bonds is 4. The molecule has 1 aliphatic heterocycles. The van der Waals surface area contributed by atoms with E-state index < -0.39 is 0 Å². The summed E-state index contributed by atoms with van der Waals surface area (Å²) in [7, 11) is 1.74. The molecule has 2 rings (SSSR count). The van der Waals surface area contributed by atoms with Gasteiger partial charge < -0.3 is 10.5 Å². The Hall–Kier alpha value is -0.490. The summed E-state index contributed by atoms with van der Waals surface area (Å²) >= 11 is 3.40. The van der Waals surface area contributed by atoms with Gasteiger partial charge >= 0.3 is 0 Å². The topological polar surface area (TPSA) is 38.5 Å². The van der Waals surface area contributed by atoms with Gasteiger partial charge in [-0.15, -0.1) is 0 Å². The summed E-state index contributed by atoms with van der Waals surface area (Å²) in [6.45, 7) is 4.32. The Morgan fingerprint density at radius 1 is 1.55 bits per heavy atom. The van der Waals surface area contributed by atoms with Crippen molar-refractivity contribution in [3.05, 3.63) is 34.1 Å². The molecule has 0 bridgehead atoms. The second kappa shape index (κ2) is 6.98. The zero-order chi connectivity index (χ0) is 14.7. The lowest BCUT2D eigenvalue weighted by atomic mass is 9.93. The van der Waals surface area contributed by atoms with Gasteiger partial charge in [-0.3, -0.25) is 4.90 Å². The Kier molecular flexibility index (Phi) is 5.55. The molecule has 1 aliphatic rings. The van der Waals surface area contributed by atoms with Crippen LogP contribution in [0.2, 0.25) is 0 Å². The lowest BCUT2D eigenvalue weighted by Crippen LogP contribution is -2.47. The maximum Gasteiger partial charge on any atom is 0.128 e. The normalized spacial score (nSPS) is 25.6. The highest BCUT2D eigenvalue weighted by Gasteiger charge is 2.31. The van der Waals surface area contributed by atoms with Crippen LogP contribution in [0, 0.1) is 11.7 Å². The molecule has 1 aromatic carbocycles. The molecule has 3 atom stereocenters. The van der Waals surface area contributed by atoms with E-state index in [-0.39, 0.29) is 18.0 Å². The van der Waals surface area contributed by atoms with Crippen molar-refractivity contribution < 1.29 is 9.13 Å². The van der Waals surface area contributed by atoms with E-state index in [9.17, 15) is 4.39 Å². The first kappa shape index (κ1) is 15.9. The highest BCUT2D eigenvalue weighted by molar-refractivity contribution is 9.10. The summed E-state index contributed by atoms with van der Waals surface area (Å²) in [5.41, 5.74) is 6.57. The molecule has 0 saturated carbocycles. The van der Waals surface area contributed by atoms with E-state index >= 15 is 0 Å². The lowest BCUT2D eigenvalue weighted by molar-refractivity contribution is -0.0187. The van der Waals surface area contributed by atoms with Gasteiger partial charge in [0.25, 0.3) is 0 Å². The Labute approximate surface area is 128 Å². The molecular weight excluding hydrogens is 323 g/mol. The summed E-state index contributed by atoms with van der Waals surface area (Å²) in [5, 5.41) is 0. The van der Waals surface area contributed by atoms with Crippen molar-refractivity contribution in [1.29, 1.82) is 0 Å². The molecule has 3 nitrogen and oxygen atoms in total. The number of hydrogen-bond acceptors (Lipinski definition) is 3. The molecule has 5 heteroatoms. The van der Waals surface area contributed by atoms with Crippen LogP contribution in [-0.2, 0) is 4.74 Å². The van der Waals surface area contributed by atoms with E-state index in [2.05, 4.69) is 27.8 Å². The highest BCUT2D eigenvalue weighted by Crippen LogP contribution is 2.30. The number of piperidine rings is 1. The standard InChI is InChI=1S/C15H22BrFN2O/c1-10-5-6-19(9-15(10)20-2)14(8-18)12-7-11(16)3-4-13(12)17/h3-4,7,10,14-15H,5-6,8-9,18H2,1-2H3. The van der Waals surface area contributed by atoms with E-state index in [0.29, 0.717) is 18.0 Å². The van der Waals surface area contributed by atoms with Gasteiger partial charge in [-0.1, -0.05) is 22.9 Å². The summed E-state index contributed by atoms with van der Waals surface area (Å²) < 4.78 is 20.5. The number of methoxy groups -OCH3 is 1. The average molecular weight is 345 g/mol. The number of ether oxygens (including phenoxy) is 1. The zero-order valence-electron chi connectivity index (χ0n) is 12.0. The first-order valence-electron chi connectivity index (χ1n) is 6.98. The predicted octanol–water partition coefficient (Wildman–Crippen LogP) is 2.94. The highest BCUT2D eigenvalue weighted by atomic mass is 79.9. The second-order valence-corrected chi connectivity index (χ2v) is 6.37. The molecular formula is C15H22BrFN2O. The Bertz CT molecular complexity index is 457. The van der Waals surface area contributed by atoms with E-state index in [4.69, 9.17) is 10.5 Å². The van der Waals surface area contributed by atoms with Gasteiger partial charge in [0, 0.05) is 30.2 Å². The molecule has 0 amide bonds. The SMILES string of the molecule is COC1CN(C(CN)c2cc(Br)ccc2F)CCC1C. The van der Waals surface area contributed by atoms with Crippen LogP contribution in [0.15, 0.2) is 22.7 Å². The van der Waals surface area contributed by atoms with Gasteiger partial charge in [-0.25, -0.2) is 4.39 Å². The molecule has 1 aromatic rings. The minimum Gasteiger partial charge on any atom is -0.380 e. The van der Waals surface area contributed by atoms with Gasteiger partial charge in [0.2, 0.25) is 0 Å². The maximum absolute atomic E-state index is 14.1. The number of nitrogens with zero attached hydrogens (tertiary/aromatic N) is 1. The van der Waals surface area contributed by atoms with Crippen LogP contribution in [0.3, 0.4) is 0 Å². The van der Waals surface area contributed by atoms with Gasteiger partial charge in [0.05, 0.1) is 12.1 Å². The smallest absolute Gasteiger partial charge is 0.128 e. The van der Waals surface area contributed by atoms with Crippen LogP contribution in [-0.4, -0.2) is 37.7 Å². The molecule has 20 heavy (non-hydrogen) atoms. The second-order valence-electron chi connectivity index (χ2n) is 5.45. The first-order valence-corrected chi connectivity index (χ1v) is 7.78. The van der Waals surface area contributed by atoms with E-state index in [1.165, 1.54) is 6.07 Å². The molecule has 0 aliphatic carbocycles. The van der Waals surface area contributed by atoms with E-state index in [1.54, 1.807) is 13.2 Å². The summed E-state index contributed by atoms with van der Waals surface area (Å²) in [4.78, 5) is 2.24. The Morgan fingerprint density at radius 2 is 2.30 bits per heavy atom. The molecule has 0 spiro atoms. The third kappa shape index (κ3) is 3.39. The summed E-state index contributed by atoms with van der Waals surface area (Å²) in [6.07, 6.45) is 1.23. The van der Waals surface area contributed by atoms with Crippen molar-refractivity contribution >= 4 is 15.9 Å². The van der Waals surface area contributed by atoms with Crippen LogP contribution in [0.5, 0.6) is 0 Å².